The van der Waals surface area contributed by atoms with Gasteiger partial charge >= 0.3 is 0 Å². The topological polar surface area (TPSA) is 21.7 Å². The van der Waals surface area contributed by atoms with Crippen LogP contribution >= 0.6 is 0 Å². The Balaban J connectivity index is 1.90. The monoisotopic (exact) mass is 363 g/mol. The third kappa shape index (κ3) is 4.46. The highest BCUT2D eigenvalue weighted by Crippen LogP contribution is 2.41. The summed E-state index contributed by atoms with van der Waals surface area (Å²) in [5.41, 5.74) is 4.01. The van der Waals surface area contributed by atoms with Crippen LogP contribution in [0.3, 0.4) is 0 Å². The van der Waals surface area contributed by atoms with Crippen molar-refractivity contribution < 1.29 is 9.47 Å². The highest BCUT2D eigenvalue weighted by atomic mass is 16.5. The molecule has 0 saturated carbocycles. The van der Waals surface area contributed by atoms with Gasteiger partial charge in [-0.2, -0.15) is 0 Å². The van der Waals surface area contributed by atoms with Crippen molar-refractivity contribution in [3.8, 4) is 23.8 Å². The molecule has 0 N–H and O–H groups in total. The number of terminal acetylenes is 1. The molecule has 0 amide bonds. The van der Waals surface area contributed by atoms with E-state index in [1.165, 1.54) is 29.5 Å². The standard InChI is InChI=1S/C24H29NO2/c1-4-5-6-7-11-15-25-16-14-20-17-22(26-2)23(27-3)18-21(20)24(25)19-12-9-8-10-13-19/h1,8-10,12-13,17-18,24H,5-7,11,14-16H2,2-3H3. The van der Waals surface area contributed by atoms with Crippen LogP contribution in [-0.4, -0.2) is 32.2 Å². The quantitative estimate of drug-likeness (QED) is 0.494. The fraction of sp³-hybridized carbons (Fsp3) is 0.417. The molecule has 2 aromatic rings. The second-order valence-electron chi connectivity index (χ2n) is 7.02. The van der Waals surface area contributed by atoms with Crippen LogP contribution in [0.15, 0.2) is 42.5 Å². The van der Waals surface area contributed by atoms with Crippen molar-refractivity contribution >= 4 is 0 Å². The summed E-state index contributed by atoms with van der Waals surface area (Å²) in [5, 5.41) is 0. The van der Waals surface area contributed by atoms with Crippen molar-refractivity contribution in [1.82, 2.24) is 4.90 Å². The molecule has 1 aliphatic heterocycles. The van der Waals surface area contributed by atoms with E-state index in [0.717, 1.165) is 43.9 Å². The first kappa shape index (κ1) is 19.3. The molecule has 0 aliphatic carbocycles. The number of ether oxygens (including phenoxy) is 2. The molecule has 3 heteroatoms. The first-order valence-corrected chi connectivity index (χ1v) is 9.75. The highest BCUT2D eigenvalue weighted by molar-refractivity contribution is 5.51. The normalized spacial score (nSPS) is 16.4. The lowest BCUT2D eigenvalue weighted by Crippen LogP contribution is -2.36. The average molecular weight is 364 g/mol. The summed E-state index contributed by atoms with van der Waals surface area (Å²) < 4.78 is 11.1. The molecular weight excluding hydrogens is 334 g/mol. The van der Waals surface area contributed by atoms with E-state index in [1.807, 2.05) is 0 Å². The van der Waals surface area contributed by atoms with Gasteiger partial charge in [-0.3, -0.25) is 4.90 Å². The first-order chi connectivity index (χ1) is 13.3. The Bertz CT molecular complexity index is 779. The van der Waals surface area contributed by atoms with Gasteiger partial charge in [0.05, 0.1) is 20.3 Å². The molecule has 0 bridgehead atoms. The van der Waals surface area contributed by atoms with Crippen molar-refractivity contribution in [2.24, 2.45) is 0 Å². The van der Waals surface area contributed by atoms with Gasteiger partial charge in [0, 0.05) is 13.0 Å². The van der Waals surface area contributed by atoms with Gasteiger partial charge in [-0.05, 0) is 54.6 Å². The molecule has 1 atom stereocenters. The van der Waals surface area contributed by atoms with E-state index >= 15 is 0 Å². The predicted octanol–water partition coefficient (Wildman–Crippen LogP) is 4.84. The number of unbranched alkanes of at least 4 members (excludes halogenated alkanes) is 3. The van der Waals surface area contributed by atoms with Crippen LogP contribution in [0.25, 0.3) is 0 Å². The van der Waals surface area contributed by atoms with Gasteiger partial charge in [0.2, 0.25) is 0 Å². The van der Waals surface area contributed by atoms with Gasteiger partial charge in [0.1, 0.15) is 0 Å². The number of hydrogen-bond acceptors (Lipinski definition) is 3. The van der Waals surface area contributed by atoms with Crippen LogP contribution in [0, 0.1) is 12.3 Å². The smallest absolute Gasteiger partial charge is 0.161 e. The number of hydrogen-bond donors (Lipinski definition) is 0. The molecule has 1 aliphatic rings. The fourth-order valence-electron chi connectivity index (χ4n) is 3.98. The zero-order chi connectivity index (χ0) is 19.1. The Morgan fingerprint density at radius 2 is 1.78 bits per heavy atom. The lowest BCUT2D eigenvalue weighted by molar-refractivity contribution is 0.208. The van der Waals surface area contributed by atoms with Crippen LogP contribution in [-0.2, 0) is 6.42 Å². The number of benzene rings is 2. The molecule has 0 spiro atoms. The highest BCUT2D eigenvalue weighted by Gasteiger charge is 2.29. The van der Waals surface area contributed by atoms with Crippen LogP contribution in [0.2, 0.25) is 0 Å². The van der Waals surface area contributed by atoms with Gasteiger partial charge in [0.25, 0.3) is 0 Å². The zero-order valence-corrected chi connectivity index (χ0v) is 16.4. The Labute approximate surface area is 163 Å². The van der Waals surface area contributed by atoms with Crippen molar-refractivity contribution in [3.05, 3.63) is 59.2 Å². The average Bonchev–Trinajstić information content (AvgIpc) is 2.72. The van der Waals surface area contributed by atoms with Crippen LogP contribution in [0.5, 0.6) is 11.5 Å². The molecule has 27 heavy (non-hydrogen) atoms. The van der Waals surface area contributed by atoms with Crippen molar-refractivity contribution in [2.45, 2.75) is 38.1 Å². The maximum atomic E-state index is 5.58. The lowest BCUT2D eigenvalue weighted by atomic mass is 9.87. The van der Waals surface area contributed by atoms with Crippen molar-refractivity contribution in [1.29, 1.82) is 0 Å². The Morgan fingerprint density at radius 3 is 2.48 bits per heavy atom. The molecule has 1 unspecified atom stereocenters. The second kappa shape index (κ2) is 9.48. The molecule has 0 radical (unpaired) electrons. The Kier molecular flexibility index (Phi) is 6.79. The van der Waals surface area contributed by atoms with Gasteiger partial charge < -0.3 is 9.47 Å². The second-order valence-corrected chi connectivity index (χ2v) is 7.02. The van der Waals surface area contributed by atoms with E-state index in [-0.39, 0.29) is 6.04 Å². The molecule has 142 valence electrons. The maximum absolute atomic E-state index is 5.58. The van der Waals surface area contributed by atoms with E-state index in [9.17, 15) is 0 Å². The molecule has 0 aromatic heterocycles. The summed E-state index contributed by atoms with van der Waals surface area (Å²) in [6, 6.07) is 15.3. The Morgan fingerprint density at radius 1 is 1.04 bits per heavy atom. The predicted molar refractivity (Wildman–Crippen MR) is 110 cm³/mol. The minimum Gasteiger partial charge on any atom is -0.493 e. The van der Waals surface area contributed by atoms with E-state index in [1.54, 1.807) is 14.2 Å². The first-order valence-electron chi connectivity index (χ1n) is 9.75. The van der Waals surface area contributed by atoms with Crippen molar-refractivity contribution in [3.63, 3.8) is 0 Å². The van der Waals surface area contributed by atoms with Gasteiger partial charge in [-0.25, -0.2) is 0 Å². The molecule has 0 saturated heterocycles. The number of nitrogens with zero attached hydrogens (tertiary/aromatic N) is 1. The summed E-state index contributed by atoms with van der Waals surface area (Å²) >= 11 is 0. The summed E-state index contributed by atoms with van der Waals surface area (Å²) in [5.74, 6) is 4.35. The maximum Gasteiger partial charge on any atom is 0.161 e. The Hall–Kier alpha value is -2.44. The van der Waals surface area contributed by atoms with E-state index < -0.39 is 0 Å². The van der Waals surface area contributed by atoms with Crippen LogP contribution < -0.4 is 9.47 Å². The minimum absolute atomic E-state index is 0.252. The van der Waals surface area contributed by atoms with Crippen LogP contribution in [0.1, 0.15) is 48.4 Å². The van der Waals surface area contributed by atoms with E-state index in [4.69, 9.17) is 15.9 Å². The number of methoxy groups -OCH3 is 2. The molecule has 3 nitrogen and oxygen atoms in total. The molecule has 1 heterocycles. The number of fused-ring (bicyclic) bond motifs is 1. The summed E-state index contributed by atoms with van der Waals surface area (Å²) in [6.07, 6.45) is 10.8. The third-order valence-electron chi connectivity index (χ3n) is 5.36. The van der Waals surface area contributed by atoms with E-state index in [2.05, 4.69) is 53.3 Å². The van der Waals surface area contributed by atoms with Gasteiger partial charge in [-0.15, -0.1) is 12.3 Å². The number of rotatable bonds is 8. The van der Waals surface area contributed by atoms with Crippen LogP contribution in [0.4, 0.5) is 0 Å². The van der Waals surface area contributed by atoms with Gasteiger partial charge in [-0.1, -0.05) is 36.8 Å². The molecule has 3 rings (SSSR count). The minimum atomic E-state index is 0.252. The molecule has 0 fully saturated rings. The summed E-state index contributed by atoms with van der Waals surface area (Å²) in [4.78, 5) is 2.60. The lowest BCUT2D eigenvalue weighted by Gasteiger charge is -2.38. The summed E-state index contributed by atoms with van der Waals surface area (Å²) in [7, 11) is 3.40. The third-order valence-corrected chi connectivity index (χ3v) is 5.36. The van der Waals surface area contributed by atoms with E-state index in [0.29, 0.717) is 0 Å². The van der Waals surface area contributed by atoms with Gasteiger partial charge in [0.15, 0.2) is 11.5 Å². The largest absolute Gasteiger partial charge is 0.493 e. The van der Waals surface area contributed by atoms with Crippen molar-refractivity contribution in [2.75, 3.05) is 27.3 Å². The summed E-state index contributed by atoms with van der Waals surface area (Å²) in [6.45, 7) is 2.13. The molecule has 2 aromatic carbocycles. The fourth-order valence-corrected chi connectivity index (χ4v) is 3.98. The zero-order valence-electron chi connectivity index (χ0n) is 16.4. The molecular formula is C24H29NO2. The SMILES string of the molecule is C#CCCCCCN1CCc2cc(OC)c(OC)cc2C1c1ccccc1.